The van der Waals surface area contributed by atoms with E-state index >= 15 is 0 Å². The molecule has 0 spiro atoms. The van der Waals surface area contributed by atoms with Crippen LogP contribution in [0.3, 0.4) is 0 Å². The molecule has 0 N–H and O–H groups in total. The van der Waals surface area contributed by atoms with Crippen molar-refractivity contribution in [2.24, 2.45) is 5.92 Å². The van der Waals surface area contributed by atoms with Crippen LogP contribution in [0.1, 0.15) is 26.2 Å². The van der Waals surface area contributed by atoms with Gasteiger partial charge >= 0.3 is 0 Å². The molecule has 4 heteroatoms. The third kappa shape index (κ3) is 4.94. The van der Waals surface area contributed by atoms with E-state index in [4.69, 9.17) is 9.47 Å². The average Bonchev–Trinajstić information content (AvgIpc) is 2.30. The standard InChI is InChI=1S/C12H23NO3/c1-3-6-16-10-12(14)13(2)9-11-4-7-15-8-5-11/h11H,3-10H2,1-2H3. The molecule has 1 aliphatic rings. The van der Waals surface area contributed by atoms with Gasteiger partial charge in [0.1, 0.15) is 6.61 Å². The van der Waals surface area contributed by atoms with Crippen LogP contribution in [-0.4, -0.2) is 50.8 Å². The van der Waals surface area contributed by atoms with Gasteiger partial charge in [-0.1, -0.05) is 6.92 Å². The molecule has 16 heavy (non-hydrogen) atoms. The lowest BCUT2D eigenvalue weighted by atomic mass is 10.00. The summed E-state index contributed by atoms with van der Waals surface area (Å²) in [5.74, 6) is 0.675. The van der Waals surface area contributed by atoms with Gasteiger partial charge in [0.25, 0.3) is 0 Å². The van der Waals surface area contributed by atoms with Crippen LogP contribution in [0.5, 0.6) is 0 Å². The van der Waals surface area contributed by atoms with Gasteiger partial charge in [-0.05, 0) is 25.2 Å². The van der Waals surface area contributed by atoms with Gasteiger partial charge in [0.05, 0.1) is 0 Å². The Morgan fingerprint density at radius 3 is 2.75 bits per heavy atom. The number of amides is 1. The second kappa shape index (κ2) is 7.63. The number of rotatable bonds is 6. The Bertz CT molecular complexity index is 202. The van der Waals surface area contributed by atoms with Gasteiger partial charge in [-0.25, -0.2) is 0 Å². The highest BCUT2D eigenvalue weighted by Gasteiger charge is 2.18. The molecule has 0 aromatic carbocycles. The molecule has 1 heterocycles. The summed E-state index contributed by atoms with van der Waals surface area (Å²) >= 11 is 0. The van der Waals surface area contributed by atoms with Crippen LogP contribution in [-0.2, 0) is 14.3 Å². The maximum atomic E-state index is 11.7. The maximum Gasteiger partial charge on any atom is 0.248 e. The van der Waals surface area contributed by atoms with Crippen LogP contribution in [0.4, 0.5) is 0 Å². The van der Waals surface area contributed by atoms with Crippen molar-refractivity contribution in [3.05, 3.63) is 0 Å². The van der Waals surface area contributed by atoms with Crippen LogP contribution in [0.2, 0.25) is 0 Å². The Kier molecular flexibility index (Phi) is 6.42. The quantitative estimate of drug-likeness (QED) is 0.644. The summed E-state index contributed by atoms with van der Waals surface area (Å²) < 4.78 is 10.5. The van der Waals surface area contributed by atoms with Crippen molar-refractivity contribution >= 4 is 5.91 Å². The molecule has 0 aromatic rings. The number of hydrogen-bond acceptors (Lipinski definition) is 3. The molecule has 0 bridgehead atoms. The number of ether oxygens (including phenoxy) is 2. The Morgan fingerprint density at radius 2 is 2.12 bits per heavy atom. The van der Waals surface area contributed by atoms with Gasteiger partial charge in [0.15, 0.2) is 0 Å². The SMILES string of the molecule is CCCOCC(=O)N(C)CC1CCOCC1. The number of hydrogen-bond donors (Lipinski definition) is 0. The predicted octanol–water partition coefficient (Wildman–Crippen LogP) is 1.30. The summed E-state index contributed by atoms with van der Waals surface area (Å²) in [6.45, 7) is 5.41. The normalized spacial score (nSPS) is 17.4. The van der Waals surface area contributed by atoms with Gasteiger partial charge in [0.2, 0.25) is 5.91 Å². The molecule has 1 rings (SSSR count). The largest absolute Gasteiger partial charge is 0.381 e. The molecule has 94 valence electrons. The smallest absolute Gasteiger partial charge is 0.248 e. The van der Waals surface area contributed by atoms with Crippen LogP contribution in [0.25, 0.3) is 0 Å². The molecular weight excluding hydrogens is 206 g/mol. The minimum atomic E-state index is 0.0833. The number of nitrogens with zero attached hydrogens (tertiary/aromatic N) is 1. The van der Waals surface area contributed by atoms with E-state index < -0.39 is 0 Å². The van der Waals surface area contributed by atoms with Crippen molar-refractivity contribution in [1.29, 1.82) is 0 Å². The second-order valence-electron chi connectivity index (χ2n) is 4.38. The fraction of sp³-hybridized carbons (Fsp3) is 0.917. The first kappa shape index (κ1) is 13.5. The number of carbonyl (C=O) groups excluding carboxylic acids is 1. The molecule has 0 atom stereocenters. The summed E-state index contributed by atoms with van der Waals surface area (Å²) in [6.07, 6.45) is 3.08. The zero-order valence-corrected chi connectivity index (χ0v) is 10.4. The van der Waals surface area contributed by atoms with E-state index in [0.717, 1.165) is 39.0 Å². The van der Waals surface area contributed by atoms with Crippen molar-refractivity contribution in [1.82, 2.24) is 4.90 Å². The Morgan fingerprint density at radius 1 is 1.44 bits per heavy atom. The first-order valence-electron chi connectivity index (χ1n) is 6.13. The summed E-state index contributed by atoms with van der Waals surface area (Å²) in [6, 6.07) is 0. The molecule has 1 aliphatic heterocycles. The van der Waals surface area contributed by atoms with Crippen LogP contribution < -0.4 is 0 Å². The monoisotopic (exact) mass is 229 g/mol. The highest BCUT2D eigenvalue weighted by atomic mass is 16.5. The topological polar surface area (TPSA) is 38.8 Å². The van der Waals surface area contributed by atoms with Gasteiger partial charge < -0.3 is 14.4 Å². The van der Waals surface area contributed by atoms with Crippen molar-refractivity contribution in [2.45, 2.75) is 26.2 Å². The van der Waals surface area contributed by atoms with Gasteiger partial charge in [0, 0.05) is 33.4 Å². The van der Waals surface area contributed by atoms with E-state index in [1.807, 2.05) is 14.0 Å². The first-order chi connectivity index (χ1) is 7.74. The third-order valence-corrected chi connectivity index (χ3v) is 2.87. The van der Waals surface area contributed by atoms with Gasteiger partial charge in [-0.3, -0.25) is 4.79 Å². The fourth-order valence-corrected chi connectivity index (χ4v) is 1.83. The Labute approximate surface area is 97.9 Å². The Balaban J connectivity index is 2.16. The van der Waals surface area contributed by atoms with E-state index in [9.17, 15) is 4.79 Å². The summed E-state index contributed by atoms with van der Waals surface area (Å²) in [4.78, 5) is 13.4. The van der Waals surface area contributed by atoms with E-state index in [2.05, 4.69) is 0 Å². The van der Waals surface area contributed by atoms with E-state index in [0.29, 0.717) is 12.5 Å². The summed E-state index contributed by atoms with van der Waals surface area (Å²) in [7, 11) is 1.85. The maximum absolute atomic E-state index is 11.7. The molecule has 1 saturated heterocycles. The molecule has 0 radical (unpaired) electrons. The minimum Gasteiger partial charge on any atom is -0.381 e. The number of carbonyl (C=O) groups is 1. The van der Waals surface area contributed by atoms with E-state index in [1.54, 1.807) is 4.90 Å². The molecule has 1 fully saturated rings. The average molecular weight is 229 g/mol. The predicted molar refractivity (Wildman–Crippen MR) is 62.3 cm³/mol. The van der Waals surface area contributed by atoms with Crippen molar-refractivity contribution in [3.63, 3.8) is 0 Å². The highest BCUT2D eigenvalue weighted by molar-refractivity contribution is 5.77. The molecule has 4 nitrogen and oxygen atoms in total. The van der Waals surface area contributed by atoms with Crippen molar-refractivity contribution in [2.75, 3.05) is 40.0 Å². The van der Waals surface area contributed by atoms with E-state index in [-0.39, 0.29) is 12.5 Å². The molecular formula is C12H23NO3. The van der Waals surface area contributed by atoms with Gasteiger partial charge in [-0.15, -0.1) is 0 Å². The van der Waals surface area contributed by atoms with Crippen molar-refractivity contribution in [3.8, 4) is 0 Å². The van der Waals surface area contributed by atoms with Crippen molar-refractivity contribution < 1.29 is 14.3 Å². The minimum absolute atomic E-state index is 0.0833. The zero-order chi connectivity index (χ0) is 11.8. The summed E-state index contributed by atoms with van der Waals surface area (Å²) in [5, 5.41) is 0. The summed E-state index contributed by atoms with van der Waals surface area (Å²) in [5.41, 5.74) is 0. The lowest BCUT2D eigenvalue weighted by molar-refractivity contribution is -0.135. The fourth-order valence-electron chi connectivity index (χ4n) is 1.83. The first-order valence-corrected chi connectivity index (χ1v) is 6.13. The van der Waals surface area contributed by atoms with Crippen LogP contribution in [0.15, 0.2) is 0 Å². The molecule has 0 aromatic heterocycles. The molecule has 0 aliphatic carbocycles. The molecule has 0 unspecified atom stereocenters. The molecule has 0 saturated carbocycles. The third-order valence-electron chi connectivity index (χ3n) is 2.87. The molecule has 1 amide bonds. The van der Waals surface area contributed by atoms with Crippen LogP contribution >= 0.6 is 0 Å². The second-order valence-corrected chi connectivity index (χ2v) is 4.38. The lowest BCUT2D eigenvalue weighted by Crippen LogP contribution is -2.36. The Hall–Kier alpha value is -0.610. The van der Waals surface area contributed by atoms with E-state index in [1.165, 1.54) is 0 Å². The lowest BCUT2D eigenvalue weighted by Gasteiger charge is -2.27. The number of likely N-dealkylation sites (N-methyl/N-ethyl adjacent to an activating group) is 1. The zero-order valence-electron chi connectivity index (χ0n) is 10.4. The van der Waals surface area contributed by atoms with Crippen LogP contribution in [0, 0.1) is 5.92 Å². The highest BCUT2D eigenvalue weighted by Crippen LogP contribution is 2.15. The van der Waals surface area contributed by atoms with Gasteiger partial charge in [-0.2, -0.15) is 0 Å².